The smallest absolute Gasteiger partial charge is 0.244 e. The van der Waals surface area contributed by atoms with Crippen molar-refractivity contribution in [3.63, 3.8) is 0 Å². The summed E-state index contributed by atoms with van der Waals surface area (Å²) in [5, 5.41) is 2.99. The Morgan fingerprint density at radius 2 is 1.95 bits per heavy atom. The monoisotopic (exact) mass is 259 g/mol. The van der Waals surface area contributed by atoms with E-state index in [2.05, 4.69) is 26.1 Å². The van der Waals surface area contributed by atoms with Crippen molar-refractivity contribution in [3.05, 3.63) is 41.5 Å². The van der Waals surface area contributed by atoms with Gasteiger partial charge in [0.05, 0.1) is 0 Å². The number of aryl methyl sites for hydroxylation is 1. The van der Waals surface area contributed by atoms with Crippen LogP contribution < -0.4 is 5.32 Å². The Bertz CT molecular complexity index is 406. The molecule has 1 rings (SSSR count). The topological polar surface area (TPSA) is 29.1 Å². The third-order valence-electron chi connectivity index (χ3n) is 3.13. The van der Waals surface area contributed by atoms with E-state index in [1.54, 1.807) is 6.08 Å². The number of nitrogens with one attached hydrogen (secondary N) is 1. The number of hydrogen-bond donors (Lipinski definition) is 1. The fraction of sp³-hybridized carbons (Fsp3) is 0.471. The van der Waals surface area contributed by atoms with Gasteiger partial charge >= 0.3 is 0 Å². The van der Waals surface area contributed by atoms with Crippen molar-refractivity contribution in [1.29, 1.82) is 0 Å². The van der Waals surface area contributed by atoms with Gasteiger partial charge in [-0.25, -0.2) is 0 Å². The van der Waals surface area contributed by atoms with Gasteiger partial charge in [0, 0.05) is 12.1 Å². The number of amides is 1. The van der Waals surface area contributed by atoms with Gasteiger partial charge in [0.15, 0.2) is 0 Å². The Kier molecular flexibility index (Phi) is 6.94. The van der Waals surface area contributed by atoms with E-state index in [1.165, 1.54) is 24.8 Å². The van der Waals surface area contributed by atoms with Gasteiger partial charge in [-0.3, -0.25) is 4.79 Å². The van der Waals surface area contributed by atoms with Crippen molar-refractivity contribution in [2.24, 2.45) is 0 Å². The zero-order valence-electron chi connectivity index (χ0n) is 12.3. The molecule has 0 unspecified atom stereocenters. The summed E-state index contributed by atoms with van der Waals surface area (Å²) in [5.74, 6) is -0.00965. The first-order chi connectivity index (χ1) is 9.11. The fourth-order valence-corrected chi connectivity index (χ4v) is 1.91. The summed E-state index contributed by atoms with van der Waals surface area (Å²) in [5.41, 5.74) is 2.28. The third-order valence-corrected chi connectivity index (χ3v) is 3.13. The molecule has 1 N–H and O–H groups in total. The van der Waals surface area contributed by atoms with E-state index in [4.69, 9.17) is 0 Å². The maximum absolute atomic E-state index is 11.7. The Morgan fingerprint density at radius 1 is 1.26 bits per heavy atom. The SMILES string of the molecule is CCCCC[C@@H](C)NC(=O)/C=C/c1ccc(C)cc1. The minimum Gasteiger partial charge on any atom is -0.350 e. The van der Waals surface area contributed by atoms with E-state index in [-0.39, 0.29) is 11.9 Å². The molecule has 1 aromatic carbocycles. The molecule has 0 aliphatic heterocycles. The lowest BCUT2D eigenvalue weighted by Crippen LogP contribution is -2.30. The molecule has 0 radical (unpaired) electrons. The highest BCUT2D eigenvalue weighted by Gasteiger charge is 2.03. The van der Waals surface area contributed by atoms with Gasteiger partial charge in [-0.2, -0.15) is 0 Å². The van der Waals surface area contributed by atoms with Crippen molar-refractivity contribution >= 4 is 12.0 Å². The maximum Gasteiger partial charge on any atom is 0.244 e. The number of benzene rings is 1. The molecule has 0 aliphatic rings. The summed E-state index contributed by atoms with van der Waals surface area (Å²) in [6.45, 7) is 6.30. The lowest BCUT2D eigenvalue weighted by Gasteiger charge is -2.11. The summed E-state index contributed by atoms with van der Waals surface area (Å²) in [4.78, 5) is 11.7. The molecule has 104 valence electrons. The number of unbranched alkanes of at least 4 members (excludes halogenated alkanes) is 2. The summed E-state index contributed by atoms with van der Waals surface area (Å²) in [7, 11) is 0. The predicted octanol–water partition coefficient (Wildman–Crippen LogP) is 4.09. The van der Waals surface area contributed by atoms with Crippen LogP contribution in [-0.4, -0.2) is 11.9 Å². The van der Waals surface area contributed by atoms with Gasteiger partial charge in [-0.15, -0.1) is 0 Å². The minimum atomic E-state index is -0.00965. The Morgan fingerprint density at radius 3 is 2.58 bits per heavy atom. The zero-order valence-corrected chi connectivity index (χ0v) is 12.3. The average molecular weight is 259 g/mol. The van der Waals surface area contributed by atoms with Crippen LogP contribution in [0, 0.1) is 6.92 Å². The molecule has 1 atom stereocenters. The lowest BCUT2D eigenvalue weighted by molar-refractivity contribution is -0.117. The van der Waals surface area contributed by atoms with E-state index >= 15 is 0 Å². The Labute approximate surface area is 116 Å². The van der Waals surface area contributed by atoms with Crippen LogP contribution in [0.2, 0.25) is 0 Å². The van der Waals surface area contributed by atoms with Crippen LogP contribution in [0.25, 0.3) is 6.08 Å². The van der Waals surface area contributed by atoms with Gasteiger partial charge in [0.1, 0.15) is 0 Å². The second-order valence-electron chi connectivity index (χ2n) is 5.15. The quantitative estimate of drug-likeness (QED) is 0.580. The van der Waals surface area contributed by atoms with Gasteiger partial charge in [0.25, 0.3) is 0 Å². The highest BCUT2D eigenvalue weighted by molar-refractivity contribution is 5.91. The zero-order chi connectivity index (χ0) is 14.1. The average Bonchev–Trinajstić information content (AvgIpc) is 2.38. The number of carbonyl (C=O) groups excluding carboxylic acids is 1. The van der Waals surface area contributed by atoms with Crippen LogP contribution in [0.4, 0.5) is 0 Å². The molecule has 1 aromatic rings. The molecule has 1 amide bonds. The van der Waals surface area contributed by atoms with Crippen molar-refractivity contribution in [2.75, 3.05) is 0 Å². The lowest BCUT2D eigenvalue weighted by atomic mass is 10.1. The van der Waals surface area contributed by atoms with Crippen LogP contribution in [-0.2, 0) is 4.79 Å². The molecule has 0 saturated carbocycles. The molecule has 0 heterocycles. The van der Waals surface area contributed by atoms with Crippen LogP contribution in [0.3, 0.4) is 0 Å². The first-order valence-electron chi connectivity index (χ1n) is 7.17. The molecule has 0 fully saturated rings. The molecule has 0 spiro atoms. The molecule has 0 saturated heterocycles. The van der Waals surface area contributed by atoms with E-state index in [0.29, 0.717) is 0 Å². The van der Waals surface area contributed by atoms with E-state index < -0.39 is 0 Å². The first-order valence-corrected chi connectivity index (χ1v) is 7.17. The Hall–Kier alpha value is -1.57. The molecule has 0 aliphatic carbocycles. The molecule has 2 nitrogen and oxygen atoms in total. The van der Waals surface area contributed by atoms with Crippen LogP contribution in [0.15, 0.2) is 30.3 Å². The van der Waals surface area contributed by atoms with Crippen molar-refractivity contribution in [2.45, 2.75) is 52.5 Å². The van der Waals surface area contributed by atoms with Crippen LogP contribution in [0.5, 0.6) is 0 Å². The molecule has 0 aromatic heterocycles. The maximum atomic E-state index is 11.7. The largest absolute Gasteiger partial charge is 0.350 e. The summed E-state index contributed by atoms with van der Waals surface area (Å²) >= 11 is 0. The normalized spacial score (nSPS) is 12.6. The van der Waals surface area contributed by atoms with Crippen molar-refractivity contribution in [3.8, 4) is 0 Å². The van der Waals surface area contributed by atoms with Crippen LogP contribution >= 0.6 is 0 Å². The molecule has 0 bridgehead atoms. The molecule has 19 heavy (non-hydrogen) atoms. The summed E-state index contributed by atoms with van der Waals surface area (Å²) in [6.07, 6.45) is 8.15. The highest BCUT2D eigenvalue weighted by Crippen LogP contribution is 2.05. The van der Waals surface area contributed by atoms with Gasteiger partial charge in [0.2, 0.25) is 5.91 Å². The minimum absolute atomic E-state index is 0.00965. The predicted molar refractivity (Wildman–Crippen MR) is 82.0 cm³/mol. The van der Waals surface area contributed by atoms with Crippen molar-refractivity contribution in [1.82, 2.24) is 5.32 Å². The molecule has 2 heteroatoms. The van der Waals surface area contributed by atoms with Crippen LogP contribution in [0.1, 0.15) is 50.7 Å². The first kappa shape index (κ1) is 15.5. The van der Waals surface area contributed by atoms with E-state index in [9.17, 15) is 4.79 Å². The van der Waals surface area contributed by atoms with E-state index in [0.717, 1.165) is 12.0 Å². The summed E-state index contributed by atoms with van der Waals surface area (Å²) in [6, 6.07) is 8.38. The molecular formula is C17H25NO. The standard InChI is InChI=1S/C17H25NO/c1-4-5-6-7-15(3)18-17(19)13-12-16-10-8-14(2)9-11-16/h8-13,15H,4-7H2,1-3H3,(H,18,19)/b13-12+/t15-/m1/s1. The van der Waals surface area contributed by atoms with Crippen molar-refractivity contribution < 1.29 is 4.79 Å². The molecular weight excluding hydrogens is 234 g/mol. The number of hydrogen-bond acceptors (Lipinski definition) is 1. The second kappa shape index (κ2) is 8.52. The number of rotatable bonds is 7. The summed E-state index contributed by atoms with van der Waals surface area (Å²) < 4.78 is 0. The highest BCUT2D eigenvalue weighted by atomic mass is 16.1. The number of carbonyl (C=O) groups is 1. The Balaban J connectivity index is 2.35. The second-order valence-corrected chi connectivity index (χ2v) is 5.15. The third kappa shape index (κ3) is 6.80. The fourth-order valence-electron chi connectivity index (χ4n) is 1.91. The van der Waals surface area contributed by atoms with Gasteiger partial charge in [-0.05, 0) is 31.9 Å². The van der Waals surface area contributed by atoms with E-state index in [1.807, 2.05) is 30.3 Å². The van der Waals surface area contributed by atoms with Gasteiger partial charge in [-0.1, -0.05) is 56.0 Å². The van der Waals surface area contributed by atoms with Gasteiger partial charge < -0.3 is 5.32 Å².